The van der Waals surface area contributed by atoms with Gasteiger partial charge < -0.3 is 14.8 Å². The van der Waals surface area contributed by atoms with Gasteiger partial charge >= 0.3 is 0 Å². The van der Waals surface area contributed by atoms with E-state index >= 15 is 0 Å². The van der Waals surface area contributed by atoms with Gasteiger partial charge in [0.2, 0.25) is 0 Å². The van der Waals surface area contributed by atoms with Gasteiger partial charge in [0, 0.05) is 19.3 Å². The van der Waals surface area contributed by atoms with Crippen molar-refractivity contribution in [1.29, 1.82) is 0 Å². The minimum Gasteiger partial charge on any atom is -0.492 e. The van der Waals surface area contributed by atoms with E-state index in [0.29, 0.717) is 6.61 Å². The predicted molar refractivity (Wildman–Crippen MR) is 115 cm³/mol. The van der Waals surface area contributed by atoms with E-state index in [4.69, 9.17) is 9.47 Å². The molecule has 1 atom stereocenters. The molecule has 1 aliphatic heterocycles. The first-order chi connectivity index (χ1) is 13.6. The molecule has 1 aromatic rings. The third-order valence-electron chi connectivity index (χ3n) is 5.68. The number of likely N-dealkylation sites (tertiary alicyclic amines) is 1. The van der Waals surface area contributed by atoms with Crippen LogP contribution in [0, 0.1) is 0 Å². The Morgan fingerprint density at radius 2 is 1.79 bits per heavy atom. The predicted octanol–water partition coefficient (Wildman–Crippen LogP) is 4.87. The highest BCUT2D eigenvalue weighted by atomic mass is 16.5. The Bertz CT molecular complexity index is 568. The molecule has 1 heterocycles. The number of nitrogens with zero attached hydrogens (tertiary/aromatic N) is 1. The number of anilines is 1. The van der Waals surface area contributed by atoms with Crippen LogP contribution in [-0.4, -0.2) is 49.8 Å². The highest BCUT2D eigenvalue weighted by molar-refractivity contribution is 5.97. The summed E-state index contributed by atoms with van der Waals surface area (Å²) in [5.74, 6) is 0.742. The average molecular weight is 391 g/mol. The number of carbonyl (C=O) groups excluding carboxylic acids is 1. The van der Waals surface area contributed by atoms with Gasteiger partial charge in [0.15, 0.2) is 0 Å². The van der Waals surface area contributed by atoms with Crippen LogP contribution in [0.5, 0.6) is 5.75 Å². The summed E-state index contributed by atoms with van der Waals surface area (Å²) in [6, 6.07) is 7.61. The van der Waals surface area contributed by atoms with Gasteiger partial charge in [-0.3, -0.25) is 9.69 Å². The summed E-state index contributed by atoms with van der Waals surface area (Å²) >= 11 is 0. The second-order valence-corrected chi connectivity index (χ2v) is 7.97. The number of methoxy groups -OCH3 is 1. The molecule has 1 aliphatic rings. The first kappa shape index (κ1) is 22.7. The molecule has 1 aromatic carbocycles. The van der Waals surface area contributed by atoms with E-state index in [9.17, 15) is 4.79 Å². The monoisotopic (exact) mass is 390 g/mol. The van der Waals surface area contributed by atoms with E-state index in [2.05, 4.69) is 17.1 Å². The Kier molecular flexibility index (Phi) is 9.79. The minimum absolute atomic E-state index is 0.0964. The van der Waals surface area contributed by atoms with E-state index in [1.807, 2.05) is 31.2 Å². The van der Waals surface area contributed by atoms with Crippen LogP contribution in [0.25, 0.3) is 0 Å². The van der Waals surface area contributed by atoms with Gasteiger partial charge in [0.1, 0.15) is 18.0 Å². The molecule has 1 saturated heterocycles. The van der Waals surface area contributed by atoms with Crippen LogP contribution >= 0.6 is 0 Å². The normalized spacial score (nSPS) is 17.5. The van der Waals surface area contributed by atoms with Gasteiger partial charge in [-0.2, -0.15) is 0 Å². The molecule has 1 fully saturated rings. The van der Waals surface area contributed by atoms with E-state index in [-0.39, 0.29) is 5.91 Å². The second kappa shape index (κ2) is 12.1. The molecular formula is C23H38N2O3. The average Bonchev–Trinajstić information content (AvgIpc) is 2.98. The molecule has 0 bridgehead atoms. The van der Waals surface area contributed by atoms with Crippen molar-refractivity contribution < 1.29 is 14.3 Å². The topological polar surface area (TPSA) is 50.8 Å². The van der Waals surface area contributed by atoms with Gasteiger partial charge in [-0.25, -0.2) is 0 Å². The molecular weight excluding hydrogens is 352 g/mol. The number of ether oxygens (including phenoxy) is 2. The summed E-state index contributed by atoms with van der Waals surface area (Å²) in [4.78, 5) is 15.1. The molecule has 0 saturated carbocycles. The number of hydrogen-bond acceptors (Lipinski definition) is 4. The Morgan fingerprint density at radius 1 is 1.11 bits per heavy atom. The summed E-state index contributed by atoms with van der Waals surface area (Å²) in [6.07, 6.45) is 9.24. The Morgan fingerprint density at radius 3 is 2.39 bits per heavy atom. The van der Waals surface area contributed by atoms with Crippen LogP contribution in [0.4, 0.5) is 5.69 Å². The summed E-state index contributed by atoms with van der Waals surface area (Å²) in [7, 11) is 1.60. The molecule has 2 rings (SSSR count). The smallest absolute Gasteiger partial charge is 0.256 e. The highest BCUT2D eigenvalue weighted by Gasteiger charge is 2.32. The van der Waals surface area contributed by atoms with E-state index in [0.717, 1.165) is 43.7 Å². The Balaban J connectivity index is 1.78. The van der Waals surface area contributed by atoms with Crippen LogP contribution in [0.3, 0.4) is 0 Å². The minimum atomic E-state index is -0.794. The molecule has 1 amide bonds. The van der Waals surface area contributed by atoms with Crippen molar-refractivity contribution in [2.75, 3.05) is 38.7 Å². The number of unbranched alkanes of at least 4 members (excludes halogenated alkanes) is 2. The lowest BCUT2D eigenvalue weighted by Gasteiger charge is -2.27. The van der Waals surface area contributed by atoms with Gasteiger partial charge in [0.25, 0.3) is 5.91 Å². The maximum absolute atomic E-state index is 12.6. The number of carbonyl (C=O) groups is 1. The quantitative estimate of drug-likeness (QED) is 0.548. The molecule has 0 spiro atoms. The number of rotatable bonds is 11. The molecule has 5 nitrogen and oxygen atoms in total. The zero-order valence-corrected chi connectivity index (χ0v) is 18.0. The number of nitrogens with one attached hydrogen (secondary N) is 1. The van der Waals surface area contributed by atoms with Crippen molar-refractivity contribution in [2.24, 2.45) is 0 Å². The zero-order chi connectivity index (χ0) is 20.2. The van der Waals surface area contributed by atoms with Gasteiger partial charge in [0.05, 0.1) is 0 Å². The fourth-order valence-corrected chi connectivity index (χ4v) is 3.57. The Hall–Kier alpha value is -1.59. The van der Waals surface area contributed by atoms with Crippen molar-refractivity contribution >= 4 is 11.6 Å². The van der Waals surface area contributed by atoms with E-state index < -0.39 is 5.60 Å². The lowest BCUT2D eigenvalue weighted by Crippen LogP contribution is -2.41. The molecule has 158 valence electrons. The summed E-state index contributed by atoms with van der Waals surface area (Å²) in [6.45, 7) is 8.06. The van der Waals surface area contributed by atoms with Crippen molar-refractivity contribution in [3.05, 3.63) is 24.3 Å². The molecule has 0 aromatic heterocycles. The molecule has 28 heavy (non-hydrogen) atoms. The van der Waals surface area contributed by atoms with Gasteiger partial charge in [-0.05, 0) is 63.5 Å². The second-order valence-electron chi connectivity index (χ2n) is 7.97. The first-order valence-corrected chi connectivity index (χ1v) is 10.9. The summed E-state index contributed by atoms with van der Waals surface area (Å²) < 4.78 is 11.4. The largest absolute Gasteiger partial charge is 0.492 e. The summed E-state index contributed by atoms with van der Waals surface area (Å²) in [5, 5.41) is 2.97. The lowest BCUT2D eigenvalue weighted by molar-refractivity contribution is -0.136. The van der Waals surface area contributed by atoms with Crippen molar-refractivity contribution in [1.82, 2.24) is 4.90 Å². The highest BCUT2D eigenvalue weighted by Crippen LogP contribution is 2.22. The molecule has 0 aliphatic carbocycles. The molecule has 5 heteroatoms. The number of hydrogen-bond donors (Lipinski definition) is 1. The van der Waals surface area contributed by atoms with Crippen LogP contribution < -0.4 is 10.1 Å². The van der Waals surface area contributed by atoms with Crippen LogP contribution in [-0.2, 0) is 9.53 Å². The van der Waals surface area contributed by atoms with Crippen LogP contribution in [0.2, 0.25) is 0 Å². The zero-order valence-electron chi connectivity index (χ0n) is 18.0. The standard InChI is InChI=1S/C23H38N2O3/c1-4-5-8-15-23(2,27-3)22(26)24-20-11-13-21(14-12-20)28-19-18-25-16-9-6-7-10-17-25/h11-14H,4-10,15-19H2,1-3H3,(H,24,26)/t23-/m1/s1. The molecule has 1 N–H and O–H groups in total. The SMILES string of the molecule is CCCCC[C@@](C)(OC)C(=O)Nc1ccc(OCCN2CCCCCC2)cc1. The van der Waals surface area contributed by atoms with Gasteiger partial charge in [-0.1, -0.05) is 39.0 Å². The fraction of sp³-hybridized carbons (Fsp3) is 0.696. The number of benzene rings is 1. The van der Waals surface area contributed by atoms with Crippen LogP contribution in [0.15, 0.2) is 24.3 Å². The third-order valence-corrected chi connectivity index (χ3v) is 5.68. The van der Waals surface area contributed by atoms with E-state index in [1.165, 1.54) is 38.8 Å². The van der Waals surface area contributed by atoms with Gasteiger partial charge in [-0.15, -0.1) is 0 Å². The van der Waals surface area contributed by atoms with Crippen molar-refractivity contribution in [3.63, 3.8) is 0 Å². The Labute approximate surface area is 170 Å². The maximum atomic E-state index is 12.6. The molecule has 0 unspecified atom stereocenters. The van der Waals surface area contributed by atoms with Crippen molar-refractivity contribution in [2.45, 2.75) is 70.8 Å². The van der Waals surface area contributed by atoms with Crippen molar-refractivity contribution in [3.8, 4) is 5.75 Å². The third kappa shape index (κ3) is 7.44. The van der Waals surface area contributed by atoms with E-state index in [1.54, 1.807) is 7.11 Å². The molecule has 0 radical (unpaired) electrons. The van der Waals surface area contributed by atoms with Crippen LogP contribution in [0.1, 0.15) is 65.2 Å². The fourth-order valence-electron chi connectivity index (χ4n) is 3.57. The first-order valence-electron chi connectivity index (χ1n) is 10.9. The lowest BCUT2D eigenvalue weighted by atomic mass is 9.97. The summed E-state index contributed by atoms with van der Waals surface area (Å²) in [5.41, 5.74) is -0.0269. The maximum Gasteiger partial charge on any atom is 0.256 e. The number of amides is 1.